The van der Waals surface area contributed by atoms with Crippen LogP contribution in [0, 0.1) is 13.8 Å². The maximum absolute atomic E-state index is 12.4. The molecule has 0 atom stereocenters. The molecule has 0 saturated heterocycles. The first-order valence-electron chi connectivity index (χ1n) is 8.82. The smallest absolute Gasteiger partial charge is 0.275 e. The highest BCUT2D eigenvalue weighted by Crippen LogP contribution is 2.24. The van der Waals surface area contributed by atoms with Gasteiger partial charge in [0.25, 0.3) is 11.5 Å². The van der Waals surface area contributed by atoms with Crippen LogP contribution in [0.15, 0.2) is 59.4 Å². The summed E-state index contributed by atoms with van der Waals surface area (Å²) in [4.78, 5) is 29.8. The molecule has 28 heavy (non-hydrogen) atoms. The third-order valence-corrected chi connectivity index (χ3v) is 5.34. The van der Waals surface area contributed by atoms with Crippen LogP contribution in [0.5, 0.6) is 0 Å². The van der Waals surface area contributed by atoms with Gasteiger partial charge in [0.1, 0.15) is 5.01 Å². The molecule has 6 nitrogen and oxygen atoms in total. The molecule has 0 spiro atoms. The summed E-state index contributed by atoms with van der Waals surface area (Å²) in [6, 6.07) is 16.7. The van der Waals surface area contributed by atoms with Crippen molar-refractivity contribution >= 4 is 22.2 Å². The fraction of sp³-hybridized carbons (Fsp3) is 0.143. The molecule has 0 aliphatic carbocycles. The largest absolute Gasteiger partial charge is 0.346 e. The molecule has 140 valence electrons. The summed E-state index contributed by atoms with van der Waals surface area (Å²) in [6.45, 7) is 4.07. The zero-order valence-corrected chi connectivity index (χ0v) is 16.3. The van der Waals surface area contributed by atoms with Gasteiger partial charge in [0.2, 0.25) is 4.96 Å². The van der Waals surface area contributed by atoms with E-state index in [1.54, 1.807) is 6.07 Å². The molecule has 1 amide bonds. The molecule has 4 rings (SSSR count). The summed E-state index contributed by atoms with van der Waals surface area (Å²) in [6.07, 6.45) is 0. The van der Waals surface area contributed by atoms with Crippen LogP contribution in [0.3, 0.4) is 0 Å². The van der Waals surface area contributed by atoms with Gasteiger partial charge >= 0.3 is 0 Å². The molecule has 2 heterocycles. The van der Waals surface area contributed by atoms with E-state index in [0.29, 0.717) is 16.2 Å². The summed E-state index contributed by atoms with van der Waals surface area (Å²) >= 11 is 1.35. The van der Waals surface area contributed by atoms with Crippen molar-refractivity contribution in [2.75, 3.05) is 0 Å². The van der Waals surface area contributed by atoms with Gasteiger partial charge in [-0.15, -0.1) is 0 Å². The molecular formula is C21H18N4O2S. The van der Waals surface area contributed by atoms with Crippen LogP contribution in [0.4, 0.5) is 0 Å². The molecule has 0 unspecified atom stereocenters. The molecule has 4 aromatic rings. The van der Waals surface area contributed by atoms with E-state index in [1.165, 1.54) is 21.9 Å². The van der Waals surface area contributed by atoms with Crippen LogP contribution >= 0.6 is 11.3 Å². The van der Waals surface area contributed by atoms with Crippen LogP contribution in [0.1, 0.15) is 27.2 Å². The molecule has 2 aromatic carbocycles. The van der Waals surface area contributed by atoms with E-state index in [4.69, 9.17) is 0 Å². The second-order valence-corrected chi connectivity index (χ2v) is 7.51. The first-order valence-corrected chi connectivity index (χ1v) is 9.63. The minimum absolute atomic E-state index is 0.177. The van der Waals surface area contributed by atoms with Crippen molar-refractivity contribution in [1.82, 2.24) is 19.9 Å². The molecule has 0 bridgehead atoms. The van der Waals surface area contributed by atoms with Crippen LogP contribution in [0.2, 0.25) is 0 Å². The number of carbonyl (C=O) groups excluding carboxylic acids is 1. The Kier molecular flexibility index (Phi) is 4.75. The fourth-order valence-electron chi connectivity index (χ4n) is 2.94. The molecule has 2 aromatic heterocycles. The van der Waals surface area contributed by atoms with Crippen molar-refractivity contribution in [1.29, 1.82) is 0 Å². The van der Waals surface area contributed by atoms with E-state index in [0.717, 1.165) is 21.7 Å². The number of nitrogens with one attached hydrogen (secondary N) is 1. The number of benzene rings is 2. The zero-order valence-electron chi connectivity index (χ0n) is 15.5. The number of aromatic nitrogens is 3. The molecule has 7 heteroatoms. The minimum Gasteiger partial charge on any atom is -0.346 e. The van der Waals surface area contributed by atoms with Crippen LogP contribution < -0.4 is 10.9 Å². The molecule has 0 aliphatic heterocycles. The second kappa shape index (κ2) is 7.36. The number of fused-ring (bicyclic) bond motifs is 1. The molecule has 0 aliphatic rings. The summed E-state index contributed by atoms with van der Waals surface area (Å²) in [5, 5.41) is 7.95. The van der Waals surface area contributed by atoms with Crippen LogP contribution in [-0.2, 0) is 6.54 Å². The Hall–Kier alpha value is -3.32. The zero-order chi connectivity index (χ0) is 19.7. The van der Waals surface area contributed by atoms with E-state index >= 15 is 0 Å². The lowest BCUT2D eigenvalue weighted by molar-refractivity contribution is 0.0950. The monoisotopic (exact) mass is 390 g/mol. The molecule has 0 radical (unpaired) electrons. The summed E-state index contributed by atoms with van der Waals surface area (Å²) < 4.78 is 1.30. The summed E-state index contributed by atoms with van der Waals surface area (Å²) in [7, 11) is 0. The predicted octanol–water partition coefficient (Wildman–Crippen LogP) is 3.36. The lowest BCUT2D eigenvalue weighted by atomic mass is 10.1. The van der Waals surface area contributed by atoms with Gasteiger partial charge in [0.15, 0.2) is 0 Å². The van der Waals surface area contributed by atoms with E-state index in [-0.39, 0.29) is 18.0 Å². The fourth-order valence-corrected chi connectivity index (χ4v) is 3.86. The number of hydrogen-bond donors (Lipinski definition) is 1. The predicted molar refractivity (Wildman–Crippen MR) is 110 cm³/mol. The Morgan fingerprint density at radius 2 is 1.93 bits per heavy atom. The highest BCUT2D eigenvalue weighted by molar-refractivity contribution is 7.19. The number of hydrogen-bond acceptors (Lipinski definition) is 5. The van der Waals surface area contributed by atoms with E-state index in [9.17, 15) is 9.59 Å². The maximum atomic E-state index is 12.4. The van der Waals surface area contributed by atoms with Crippen molar-refractivity contribution in [2.45, 2.75) is 20.4 Å². The average molecular weight is 390 g/mol. The molecule has 0 fully saturated rings. The number of aryl methyl sites for hydroxylation is 2. The van der Waals surface area contributed by atoms with Gasteiger partial charge in [-0.1, -0.05) is 53.3 Å². The minimum atomic E-state index is -0.264. The van der Waals surface area contributed by atoms with Gasteiger partial charge in [0, 0.05) is 17.2 Å². The summed E-state index contributed by atoms with van der Waals surface area (Å²) in [5.41, 5.74) is 3.82. The highest BCUT2D eigenvalue weighted by atomic mass is 32.1. The third-order valence-electron chi connectivity index (χ3n) is 4.38. The number of amides is 1. The van der Waals surface area contributed by atoms with Gasteiger partial charge < -0.3 is 5.32 Å². The van der Waals surface area contributed by atoms with Crippen molar-refractivity contribution < 1.29 is 4.79 Å². The topological polar surface area (TPSA) is 76.4 Å². The normalized spacial score (nSPS) is 10.9. The summed E-state index contributed by atoms with van der Waals surface area (Å²) in [5.74, 6) is -0.190. The Bertz CT molecular complexity index is 1240. The SMILES string of the molecule is Cc1cccc(-c2nn3c(=O)cc(CNC(=O)c4ccccc4C)nc3s2)c1. The maximum Gasteiger partial charge on any atom is 0.275 e. The first kappa shape index (κ1) is 18.1. The van der Waals surface area contributed by atoms with Crippen LogP contribution in [-0.4, -0.2) is 20.5 Å². The number of rotatable bonds is 4. The molecule has 0 saturated carbocycles. The Balaban J connectivity index is 1.60. The van der Waals surface area contributed by atoms with E-state index in [1.807, 2.05) is 56.3 Å². The molecule has 1 N–H and O–H groups in total. The van der Waals surface area contributed by atoms with Crippen molar-refractivity contribution in [3.05, 3.63) is 87.3 Å². The Morgan fingerprint density at radius 3 is 2.71 bits per heavy atom. The van der Waals surface area contributed by atoms with E-state index < -0.39 is 0 Å². The van der Waals surface area contributed by atoms with Gasteiger partial charge in [-0.2, -0.15) is 9.61 Å². The standard InChI is InChI=1S/C21H18N4O2S/c1-13-6-5-8-15(10-13)20-24-25-18(26)11-16(23-21(25)28-20)12-22-19(27)17-9-4-3-7-14(17)2/h3-11H,12H2,1-2H3,(H,22,27). The number of carbonyl (C=O) groups is 1. The average Bonchev–Trinajstić information content (AvgIpc) is 3.11. The van der Waals surface area contributed by atoms with Crippen molar-refractivity contribution in [3.63, 3.8) is 0 Å². The third kappa shape index (κ3) is 3.57. The van der Waals surface area contributed by atoms with Gasteiger partial charge in [-0.25, -0.2) is 4.98 Å². The van der Waals surface area contributed by atoms with Crippen molar-refractivity contribution in [2.24, 2.45) is 0 Å². The quantitative estimate of drug-likeness (QED) is 0.580. The Morgan fingerprint density at radius 1 is 1.11 bits per heavy atom. The van der Waals surface area contributed by atoms with Gasteiger partial charge in [0.05, 0.1) is 12.2 Å². The lowest BCUT2D eigenvalue weighted by Crippen LogP contribution is -2.25. The van der Waals surface area contributed by atoms with Gasteiger partial charge in [-0.3, -0.25) is 9.59 Å². The lowest BCUT2D eigenvalue weighted by Gasteiger charge is -2.07. The van der Waals surface area contributed by atoms with Gasteiger partial charge in [-0.05, 0) is 31.5 Å². The van der Waals surface area contributed by atoms with E-state index in [2.05, 4.69) is 15.4 Å². The van der Waals surface area contributed by atoms with Crippen molar-refractivity contribution in [3.8, 4) is 10.6 Å². The number of nitrogens with zero attached hydrogens (tertiary/aromatic N) is 3. The second-order valence-electron chi connectivity index (χ2n) is 6.55. The Labute approximate surface area is 165 Å². The molecular weight excluding hydrogens is 372 g/mol. The highest BCUT2D eigenvalue weighted by Gasteiger charge is 2.12. The first-order chi connectivity index (χ1) is 13.5. The van der Waals surface area contributed by atoms with Crippen LogP contribution in [0.25, 0.3) is 15.5 Å².